The van der Waals surface area contributed by atoms with Crippen LogP contribution in [0.5, 0.6) is 0 Å². The van der Waals surface area contributed by atoms with Gasteiger partial charge in [-0.1, -0.05) is 6.07 Å². The van der Waals surface area contributed by atoms with E-state index < -0.39 is 0 Å². The molecule has 5 heteroatoms. The van der Waals surface area contributed by atoms with E-state index in [-0.39, 0.29) is 5.91 Å². The molecule has 2 N–H and O–H groups in total. The summed E-state index contributed by atoms with van der Waals surface area (Å²) in [5, 5.41) is 14.7. The summed E-state index contributed by atoms with van der Waals surface area (Å²) in [7, 11) is 0. The van der Waals surface area contributed by atoms with E-state index in [0.29, 0.717) is 17.1 Å². The largest absolute Gasteiger partial charge is 0.339 e. The number of carbonyl (C=O) groups excluding carboxylic acids is 1. The van der Waals surface area contributed by atoms with Gasteiger partial charge in [-0.3, -0.25) is 4.79 Å². The minimum atomic E-state index is -0.132. The zero-order chi connectivity index (χ0) is 13.7. The van der Waals surface area contributed by atoms with E-state index in [4.69, 9.17) is 5.26 Å². The van der Waals surface area contributed by atoms with E-state index in [1.807, 2.05) is 12.1 Å². The summed E-state index contributed by atoms with van der Waals surface area (Å²) in [6.45, 7) is 1.45. The molecule has 0 spiro atoms. The smallest absolute Gasteiger partial charge is 0.221 e. The number of hydrogen-bond acceptors (Lipinski definition) is 4. The molecule has 5 nitrogen and oxygen atoms in total. The summed E-state index contributed by atoms with van der Waals surface area (Å²) >= 11 is 0. The van der Waals surface area contributed by atoms with Gasteiger partial charge in [-0.2, -0.15) is 5.26 Å². The Kier molecular flexibility index (Phi) is 3.74. The SMILES string of the molecule is CC(=O)Nc1cccc(Nc2ncccc2C#N)c1. The van der Waals surface area contributed by atoms with Gasteiger partial charge in [-0.05, 0) is 30.3 Å². The molecule has 19 heavy (non-hydrogen) atoms. The van der Waals surface area contributed by atoms with Crippen molar-refractivity contribution in [2.24, 2.45) is 0 Å². The van der Waals surface area contributed by atoms with Crippen molar-refractivity contribution in [3.05, 3.63) is 48.2 Å². The predicted molar refractivity (Wildman–Crippen MR) is 73.0 cm³/mol. The highest BCUT2D eigenvalue weighted by atomic mass is 16.1. The number of carbonyl (C=O) groups is 1. The molecule has 2 rings (SSSR count). The number of nitrogens with zero attached hydrogens (tertiary/aromatic N) is 2. The van der Waals surface area contributed by atoms with Gasteiger partial charge in [-0.15, -0.1) is 0 Å². The maximum atomic E-state index is 11.0. The average molecular weight is 252 g/mol. The highest BCUT2D eigenvalue weighted by Gasteiger charge is 2.03. The first-order valence-corrected chi connectivity index (χ1v) is 5.69. The van der Waals surface area contributed by atoms with Crippen LogP contribution in [-0.4, -0.2) is 10.9 Å². The molecule has 0 saturated carbocycles. The first kappa shape index (κ1) is 12.6. The van der Waals surface area contributed by atoms with Crippen LogP contribution < -0.4 is 10.6 Å². The van der Waals surface area contributed by atoms with Crippen LogP contribution in [0.2, 0.25) is 0 Å². The van der Waals surface area contributed by atoms with Crippen LogP contribution in [0.15, 0.2) is 42.6 Å². The monoisotopic (exact) mass is 252 g/mol. The van der Waals surface area contributed by atoms with Crippen molar-refractivity contribution >= 4 is 23.1 Å². The van der Waals surface area contributed by atoms with Crippen molar-refractivity contribution in [3.8, 4) is 6.07 Å². The van der Waals surface area contributed by atoms with Gasteiger partial charge in [0.25, 0.3) is 0 Å². The van der Waals surface area contributed by atoms with Crippen molar-refractivity contribution in [3.63, 3.8) is 0 Å². The van der Waals surface area contributed by atoms with Crippen LogP contribution in [-0.2, 0) is 4.79 Å². The summed E-state index contributed by atoms with van der Waals surface area (Å²) in [6.07, 6.45) is 1.61. The second-order valence-electron chi connectivity index (χ2n) is 3.90. The number of pyridine rings is 1. The lowest BCUT2D eigenvalue weighted by Crippen LogP contribution is -2.06. The van der Waals surface area contributed by atoms with Crippen LogP contribution in [0.3, 0.4) is 0 Å². The van der Waals surface area contributed by atoms with Gasteiger partial charge < -0.3 is 10.6 Å². The fraction of sp³-hybridized carbons (Fsp3) is 0.0714. The molecule has 0 aliphatic rings. The Hall–Kier alpha value is -2.87. The van der Waals surface area contributed by atoms with Crippen LogP contribution in [0.1, 0.15) is 12.5 Å². The van der Waals surface area contributed by atoms with E-state index in [0.717, 1.165) is 5.69 Å². The number of nitrogens with one attached hydrogen (secondary N) is 2. The lowest BCUT2D eigenvalue weighted by molar-refractivity contribution is -0.114. The first-order valence-electron chi connectivity index (χ1n) is 5.69. The summed E-state index contributed by atoms with van der Waals surface area (Å²) in [6, 6.07) is 12.7. The molecule has 0 atom stereocenters. The third-order valence-corrected chi connectivity index (χ3v) is 2.37. The number of benzene rings is 1. The highest BCUT2D eigenvalue weighted by Crippen LogP contribution is 2.20. The summed E-state index contributed by atoms with van der Waals surface area (Å²) in [5.41, 5.74) is 1.90. The molecule has 0 radical (unpaired) electrons. The van der Waals surface area contributed by atoms with E-state index in [1.165, 1.54) is 6.92 Å². The van der Waals surface area contributed by atoms with Crippen molar-refractivity contribution in [1.29, 1.82) is 5.26 Å². The molecular formula is C14H12N4O. The molecule has 2 aromatic rings. The second kappa shape index (κ2) is 5.65. The Labute approximate surface area is 110 Å². The quantitative estimate of drug-likeness (QED) is 0.880. The molecule has 0 saturated heterocycles. The standard InChI is InChI=1S/C14H12N4O/c1-10(19)17-12-5-2-6-13(8-12)18-14-11(9-15)4-3-7-16-14/h2-8H,1H3,(H,16,18)(H,17,19). The van der Waals surface area contributed by atoms with Crippen LogP contribution in [0, 0.1) is 11.3 Å². The molecule has 1 amide bonds. The third kappa shape index (κ3) is 3.30. The predicted octanol–water partition coefficient (Wildman–Crippen LogP) is 2.66. The minimum Gasteiger partial charge on any atom is -0.339 e. The maximum absolute atomic E-state index is 11.0. The molecule has 0 fully saturated rings. The second-order valence-corrected chi connectivity index (χ2v) is 3.90. The summed E-state index contributed by atoms with van der Waals surface area (Å²) in [5.74, 6) is 0.359. The lowest BCUT2D eigenvalue weighted by atomic mass is 10.2. The molecular weight excluding hydrogens is 240 g/mol. The number of hydrogen-bond donors (Lipinski definition) is 2. The van der Waals surface area contributed by atoms with Crippen LogP contribution in [0.25, 0.3) is 0 Å². The maximum Gasteiger partial charge on any atom is 0.221 e. The van der Waals surface area contributed by atoms with Gasteiger partial charge in [0, 0.05) is 24.5 Å². The van der Waals surface area contributed by atoms with Gasteiger partial charge in [0.15, 0.2) is 0 Å². The van der Waals surface area contributed by atoms with E-state index in [2.05, 4.69) is 21.7 Å². The van der Waals surface area contributed by atoms with E-state index in [9.17, 15) is 4.79 Å². The summed E-state index contributed by atoms with van der Waals surface area (Å²) < 4.78 is 0. The Balaban J connectivity index is 2.24. The average Bonchev–Trinajstić information content (AvgIpc) is 2.39. The Morgan fingerprint density at radius 3 is 2.79 bits per heavy atom. The molecule has 0 bridgehead atoms. The van der Waals surface area contributed by atoms with Crippen molar-refractivity contribution in [2.45, 2.75) is 6.92 Å². The van der Waals surface area contributed by atoms with Gasteiger partial charge in [0.2, 0.25) is 5.91 Å². The molecule has 0 unspecified atom stereocenters. The fourth-order valence-corrected chi connectivity index (χ4v) is 1.61. The van der Waals surface area contributed by atoms with Gasteiger partial charge in [-0.25, -0.2) is 4.98 Å². The minimum absolute atomic E-state index is 0.132. The Morgan fingerprint density at radius 2 is 2.05 bits per heavy atom. The Morgan fingerprint density at radius 1 is 1.26 bits per heavy atom. The molecule has 94 valence electrons. The zero-order valence-corrected chi connectivity index (χ0v) is 10.3. The van der Waals surface area contributed by atoms with Gasteiger partial charge in [0.05, 0.1) is 5.56 Å². The molecule has 1 aromatic carbocycles. The van der Waals surface area contributed by atoms with Crippen molar-refractivity contribution in [1.82, 2.24) is 4.98 Å². The number of amides is 1. The molecule has 0 aliphatic carbocycles. The normalized spacial score (nSPS) is 9.47. The van der Waals surface area contributed by atoms with Crippen molar-refractivity contribution < 1.29 is 4.79 Å². The molecule has 1 aromatic heterocycles. The highest BCUT2D eigenvalue weighted by molar-refractivity contribution is 5.89. The number of rotatable bonds is 3. The third-order valence-electron chi connectivity index (χ3n) is 2.37. The fourth-order valence-electron chi connectivity index (χ4n) is 1.61. The summed E-state index contributed by atoms with van der Waals surface area (Å²) in [4.78, 5) is 15.1. The van der Waals surface area contributed by atoms with Crippen molar-refractivity contribution in [2.75, 3.05) is 10.6 Å². The Bertz CT molecular complexity index is 646. The number of nitriles is 1. The lowest BCUT2D eigenvalue weighted by Gasteiger charge is -2.08. The number of aromatic nitrogens is 1. The van der Waals surface area contributed by atoms with Gasteiger partial charge >= 0.3 is 0 Å². The topological polar surface area (TPSA) is 77.8 Å². The van der Waals surface area contributed by atoms with Crippen LogP contribution >= 0.6 is 0 Å². The zero-order valence-electron chi connectivity index (χ0n) is 10.3. The van der Waals surface area contributed by atoms with Gasteiger partial charge in [0.1, 0.15) is 11.9 Å². The van der Waals surface area contributed by atoms with E-state index in [1.54, 1.807) is 30.5 Å². The van der Waals surface area contributed by atoms with Crippen LogP contribution in [0.4, 0.5) is 17.2 Å². The molecule has 0 aliphatic heterocycles. The first-order chi connectivity index (χ1) is 9.19. The van der Waals surface area contributed by atoms with E-state index >= 15 is 0 Å². The molecule has 1 heterocycles. The number of anilines is 3.